The van der Waals surface area contributed by atoms with Crippen molar-refractivity contribution in [2.75, 3.05) is 39.3 Å². The lowest BCUT2D eigenvalue weighted by Gasteiger charge is -2.21. The molecule has 2 heterocycles. The van der Waals surface area contributed by atoms with E-state index in [0.717, 1.165) is 26.1 Å². The Morgan fingerprint density at radius 2 is 1.82 bits per heavy atom. The van der Waals surface area contributed by atoms with Crippen LogP contribution >= 0.6 is 0 Å². The van der Waals surface area contributed by atoms with Gasteiger partial charge in [0.15, 0.2) is 0 Å². The first-order valence-electron chi connectivity index (χ1n) is 6.78. The maximum atomic E-state index is 11.1. The van der Waals surface area contributed by atoms with Gasteiger partial charge in [-0.15, -0.1) is 0 Å². The van der Waals surface area contributed by atoms with Gasteiger partial charge in [-0.05, 0) is 65.3 Å². The highest BCUT2D eigenvalue weighted by atomic mass is 16.4. The Kier molecular flexibility index (Phi) is 4.05. The highest BCUT2D eigenvalue weighted by Gasteiger charge is 2.39. The number of likely N-dealkylation sites (tertiary alicyclic amines) is 2. The van der Waals surface area contributed by atoms with Gasteiger partial charge in [0.1, 0.15) is 0 Å². The zero-order chi connectivity index (χ0) is 12.3. The van der Waals surface area contributed by atoms with Gasteiger partial charge in [-0.2, -0.15) is 0 Å². The largest absolute Gasteiger partial charge is 0.481 e. The number of carboxylic acid groups (broad SMARTS) is 1. The summed E-state index contributed by atoms with van der Waals surface area (Å²) in [6.45, 7) is 8.29. The summed E-state index contributed by atoms with van der Waals surface area (Å²) in [7, 11) is 0. The fourth-order valence-electron chi connectivity index (χ4n) is 2.95. The van der Waals surface area contributed by atoms with Gasteiger partial charge in [-0.3, -0.25) is 4.79 Å². The molecule has 2 saturated heterocycles. The van der Waals surface area contributed by atoms with Crippen molar-refractivity contribution in [3.05, 3.63) is 0 Å². The third-order valence-corrected chi connectivity index (χ3v) is 4.22. The van der Waals surface area contributed by atoms with Crippen molar-refractivity contribution in [3.63, 3.8) is 0 Å². The van der Waals surface area contributed by atoms with Crippen molar-refractivity contribution in [3.8, 4) is 0 Å². The van der Waals surface area contributed by atoms with E-state index in [1.807, 2.05) is 6.92 Å². The number of carboxylic acids is 1. The molecule has 0 spiro atoms. The fraction of sp³-hybridized carbons (Fsp3) is 0.923. The first-order chi connectivity index (χ1) is 8.10. The van der Waals surface area contributed by atoms with Gasteiger partial charge in [0.2, 0.25) is 0 Å². The van der Waals surface area contributed by atoms with Crippen LogP contribution in [-0.2, 0) is 4.79 Å². The fourth-order valence-corrected chi connectivity index (χ4v) is 2.95. The van der Waals surface area contributed by atoms with Gasteiger partial charge in [0.25, 0.3) is 0 Å². The summed E-state index contributed by atoms with van der Waals surface area (Å²) < 4.78 is 0. The second-order valence-electron chi connectivity index (χ2n) is 5.79. The van der Waals surface area contributed by atoms with Crippen molar-refractivity contribution in [1.82, 2.24) is 9.80 Å². The maximum Gasteiger partial charge on any atom is 0.310 e. The molecule has 0 aromatic carbocycles. The lowest BCUT2D eigenvalue weighted by molar-refractivity contribution is -0.147. The van der Waals surface area contributed by atoms with E-state index in [2.05, 4.69) is 9.80 Å². The summed E-state index contributed by atoms with van der Waals surface area (Å²) in [6, 6.07) is 0. The molecule has 4 heteroatoms. The smallest absolute Gasteiger partial charge is 0.310 e. The van der Waals surface area contributed by atoms with Crippen molar-refractivity contribution in [2.45, 2.75) is 32.6 Å². The molecule has 4 nitrogen and oxygen atoms in total. The minimum Gasteiger partial charge on any atom is -0.481 e. The van der Waals surface area contributed by atoms with Gasteiger partial charge in [0.05, 0.1) is 5.41 Å². The first kappa shape index (κ1) is 12.8. The molecule has 17 heavy (non-hydrogen) atoms. The number of carbonyl (C=O) groups is 1. The van der Waals surface area contributed by atoms with Crippen LogP contribution in [0.25, 0.3) is 0 Å². The molecule has 0 aromatic rings. The van der Waals surface area contributed by atoms with Gasteiger partial charge in [-0.1, -0.05) is 0 Å². The van der Waals surface area contributed by atoms with E-state index in [1.165, 1.54) is 38.9 Å². The normalized spacial score (nSPS) is 31.1. The van der Waals surface area contributed by atoms with Crippen molar-refractivity contribution < 1.29 is 9.90 Å². The summed E-state index contributed by atoms with van der Waals surface area (Å²) in [5.41, 5.74) is -0.506. The third-order valence-electron chi connectivity index (χ3n) is 4.22. The van der Waals surface area contributed by atoms with Crippen LogP contribution in [0, 0.1) is 5.41 Å². The molecule has 2 aliphatic heterocycles. The second kappa shape index (κ2) is 5.36. The van der Waals surface area contributed by atoms with E-state index < -0.39 is 11.4 Å². The second-order valence-corrected chi connectivity index (χ2v) is 5.79. The highest BCUT2D eigenvalue weighted by Crippen LogP contribution is 2.29. The monoisotopic (exact) mass is 240 g/mol. The quantitative estimate of drug-likeness (QED) is 0.786. The topological polar surface area (TPSA) is 43.8 Å². The zero-order valence-corrected chi connectivity index (χ0v) is 10.8. The summed E-state index contributed by atoms with van der Waals surface area (Å²) in [5.74, 6) is -0.639. The van der Waals surface area contributed by atoms with E-state index in [9.17, 15) is 4.79 Å². The Hall–Kier alpha value is -0.610. The van der Waals surface area contributed by atoms with Gasteiger partial charge >= 0.3 is 5.97 Å². The van der Waals surface area contributed by atoms with Crippen LogP contribution in [-0.4, -0.2) is 60.1 Å². The molecule has 1 atom stereocenters. The molecule has 2 aliphatic rings. The van der Waals surface area contributed by atoms with Crippen LogP contribution in [0.15, 0.2) is 0 Å². The minimum atomic E-state index is -0.639. The predicted molar refractivity (Wildman–Crippen MR) is 67.1 cm³/mol. The van der Waals surface area contributed by atoms with Gasteiger partial charge in [0, 0.05) is 6.54 Å². The molecule has 0 bridgehead atoms. The predicted octanol–water partition coefficient (Wildman–Crippen LogP) is 1.27. The highest BCUT2D eigenvalue weighted by molar-refractivity contribution is 5.74. The number of hydrogen-bond acceptors (Lipinski definition) is 3. The van der Waals surface area contributed by atoms with Crippen LogP contribution in [0.4, 0.5) is 0 Å². The Labute approximate surface area is 104 Å². The Morgan fingerprint density at radius 3 is 2.41 bits per heavy atom. The minimum absolute atomic E-state index is 0.506. The molecule has 0 amide bonds. The average molecular weight is 240 g/mol. The molecule has 1 N–H and O–H groups in total. The number of aliphatic carboxylic acids is 1. The summed E-state index contributed by atoms with van der Waals surface area (Å²) in [4.78, 5) is 15.9. The Bertz CT molecular complexity index is 277. The van der Waals surface area contributed by atoms with Crippen molar-refractivity contribution >= 4 is 5.97 Å². The summed E-state index contributed by atoms with van der Waals surface area (Å²) in [5, 5.41) is 9.15. The molecule has 0 aliphatic carbocycles. The van der Waals surface area contributed by atoms with E-state index >= 15 is 0 Å². The molecular formula is C13H24N2O2. The number of nitrogens with zero attached hydrogens (tertiary/aromatic N) is 2. The Morgan fingerprint density at radius 1 is 1.18 bits per heavy atom. The van der Waals surface area contributed by atoms with E-state index in [4.69, 9.17) is 5.11 Å². The van der Waals surface area contributed by atoms with Crippen LogP contribution in [0.3, 0.4) is 0 Å². The van der Waals surface area contributed by atoms with Crippen LogP contribution in [0.1, 0.15) is 32.6 Å². The molecule has 0 aromatic heterocycles. The molecule has 0 saturated carbocycles. The molecule has 2 fully saturated rings. The standard InChI is InChI=1S/C13H24N2O2/c1-13(12(16)17)5-10-15(11-13)9-4-8-14-6-2-3-7-14/h2-11H2,1H3,(H,16,17). The molecule has 98 valence electrons. The van der Waals surface area contributed by atoms with Crippen LogP contribution < -0.4 is 0 Å². The number of hydrogen-bond donors (Lipinski definition) is 1. The van der Waals surface area contributed by atoms with Crippen molar-refractivity contribution in [2.24, 2.45) is 5.41 Å². The zero-order valence-electron chi connectivity index (χ0n) is 10.8. The van der Waals surface area contributed by atoms with Crippen molar-refractivity contribution in [1.29, 1.82) is 0 Å². The first-order valence-corrected chi connectivity index (χ1v) is 6.78. The van der Waals surface area contributed by atoms with Crippen LogP contribution in [0.5, 0.6) is 0 Å². The Balaban J connectivity index is 1.66. The van der Waals surface area contributed by atoms with E-state index in [1.54, 1.807) is 0 Å². The molecule has 0 radical (unpaired) electrons. The summed E-state index contributed by atoms with van der Waals surface area (Å²) >= 11 is 0. The molecular weight excluding hydrogens is 216 g/mol. The van der Waals surface area contributed by atoms with Gasteiger partial charge in [-0.25, -0.2) is 0 Å². The van der Waals surface area contributed by atoms with E-state index in [-0.39, 0.29) is 0 Å². The molecule has 2 rings (SSSR count). The third kappa shape index (κ3) is 3.19. The maximum absolute atomic E-state index is 11.1. The lowest BCUT2D eigenvalue weighted by Crippen LogP contribution is -2.33. The lowest BCUT2D eigenvalue weighted by atomic mass is 9.90. The summed E-state index contributed by atoms with van der Waals surface area (Å²) in [6.07, 6.45) is 4.67. The van der Waals surface area contributed by atoms with Gasteiger partial charge < -0.3 is 14.9 Å². The molecule has 1 unspecified atom stereocenters. The SMILES string of the molecule is CC1(C(=O)O)CCN(CCCN2CCCC2)C1. The average Bonchev–Trinajstić information content (AvgIpc) is 2.89. The number of rotatable bonds is 5. The van der Waals surface area contributed by atoms with E-state index in [0.29, 0.717) is 0 Å². The van der Waals surface area contributed by atoms with Crippen LogP contribution in [0.2, 0.25) is 0 Å².